The molecule has 1 aromatic heterocycles. The predicted octanol–water partition coefficient (Wildman–Crippen LogP) is 0.964. The average molecular weight is 229 g/mol. The van der Waals surface area contributed by atoms with Crippen molar-refractivity contribution >= 4 is 15.8 Å². The van der Waals surface area contributed by atoms with E-state index in [1.165, 1.54) is 0 Å². The highest BCUT2D eigenvalue weighted by atomic mass is 32.2. The van der Waals surface area contributed by atoms with E-state index in [1.54, 1.807) is 6.92 Å². The summed E-state index contributed by atoms with van der Waals surface area (Å²) in [5, 5.41) is 8.67. The van der Waals surface area contributed by atoms with Crippen molar-refractivity contribution in [3.8, 4) is 0 Å². The Morgan fingerprint density at radius 1 is 1.47 bits per heavy atom. The maximum absolute atomic E-state index is 11.6. The summed E-state index contributed by atoms with van der Waals surface area (Å²) in [5.41, 5.74) is -0.118. The molecule has 0 fully saturated rings. The van der Waals surface area contributed by atoms with Crippen molar-refractivity contribution in [2.75, 3.05) is 5.75 Å². The Balaban J connectivity index is 3.16. The van der Waals surface area contributed by atoms with Gasteiger partial charge in [0, 0.05) is 12.4 Å². The number of carbonyl (C=O) groups is 1. The molecular formula is C9H11NO4S. The lowest BCUT2D eigenvalue weighted by Crippen LogP contribution is -2.08. The molecule has 0 spiro atoms. The first-order valence-electron chi connectivity index (χ1n) is 4.38. The molecule has 0 atom stereocenters. The zero-order valence-corrected chi connectivity index (χ0v) is 8.99. The minimum absolute atomic E-state index is 0.00223. The molecule has 5 nitrogen and oxygen atoms in total. The SMILES string of the molecule is CCCS(=O)(=O)c1cncc(C(=O)O)c1. The van der Waals surface area contributed by atoms with Crippen molar-refractivity contribution in [3.05, 3.63) is 24.0 Å². The summed E-state index contributed by atoms with van der Waals surface area (Å²) < 4.78 is 23.1. The van der Waals surface area contributed by atoms with Crippen molar-refractivity contribution < 1.29 is 18.3 Å². The van der Waals surface area contributed by atoms with Crippen LogP contribution < -0.4 is 0 Å². The fraction of sp³-hybridized carbons (Fsp3) is 0.333. The molecule has 82 valence electrons. The molecule has 0 unspecified atom stereocenters. The smallest absolute Gasteiger partial charge is 0.337 e. The first-order valence-corrected chi connectivity index (χ1v) is 6.03. The van der Waals surface area contributed by atoms with Gasteiger partial charge in [-0.05, 0) is 12.5 Å². The highest BCUT2D eigenvalue weighted by Gasteiger charge is 2.15. The Morgan fingerprint density at radius 2 is 2.13 bits per heavy atom. The first kappa shape index (κ1) is 11.6. The Morgan fingerprint density at radius 3 is 2.67 bits per heavy atom. The van der Waals surface area contributed by atoms with Gasteiger partial charge < -0.3 is 5.11 Å². The third-order valence-corrected chi connectivity index (χ3v) is 3.68. The van der Waals surface area contributed by atoms with Crippen LogP contribution in [0.1, 0.15) is 23.7 Å². The molecule has 1 rings (SSSR count). The lowest BCUT2D eigenvalue weighted by molar-refractivity contribution is 0.0696. The third-order valence-electron chi connectivity index (χ3n) is 1.79. The summed E-state index contributed by atoms with van der Waals surface area (Å²) in [6.45, 7) is 1.74. The number of aromatic nitrogens is 1. The molecule has 0 radical (unpaired) electrons. The fourth-order valence-electron chi connectivity index (χ4n) is 1.09. The van der Waals surface area contributed by atoms with Gasteiger partial charge >= 0.3 is 5.97 Å². The molecule has 6 heteroatoms. The number of sulfone groups is 1. The van der Waals surface area contributed by atoms with E-state index in [0.29, 0.717) is 6.42 Å². The maximum atomic E-state index is 11.6. The lowest BCUT2D eigenvalue weighted by atomic mass is 10.3. The summed E-state index contributed by atoms with van der Waals surface area (Å²) in [6.07, 6.45) is 2.77. The minimum atomic E-state index is -3.39. The summed E-state index contributed by atoms with van der Waals surface area (Å²) in [4.78, 5) is 14.2. The van der Waals surface area contributed by atoms with Crippen molar-refractivity contribution in [1.82, 2.24) is 4.98 Å². The number of aromatic carboxylic acids is 1. The van der Waals surface area contributed by atoms with Crippen LogP contribution in [-0.2, 0) is 9.84 Å². The van der Waals surface area contributed by atoms with Crippen LogP contribution in [0.3, 0.4) is 0 Å². The summed E-state index contributed by atoms with van der Waals surface area (Å²) in [7, 11) is -3.39. The van der Waals surface area contributed by atoms with Crippen LogP contribution in [-0.4, -0.2) is 30.2 Å². The second kappa shape index (κ2) is 4.39. The van der Waals surface area contributed by atoms with Crippen LogP contribution >= 0.6 is 0 Å². The molecule has 1 heterocycles. The van der Waals surface area contributed by atoms with Gasteiger partial charge in [0.15, 0.2) is 9.84 Å². The number of hydrogen-bond acceptors (Lipinski definition) is 4. The Bertz CT molecular complexity index is 467. The molecule has 0 saturated heterocycles. The van der Waals surface area contributed by atoms with Crippen molar-refractivity contribution in [2.24, 2.45) is 0 Å². The van der Waals surface area contributed by atoms with Gasteiger partial charge in [-0.2, -0.15) is 0 Å². The maximum Gasteiger partial charge on any atom is 0.337 e. The van der Waals surface area contributed by atoms with E-state index < -0.39 is 15.8 Å². The molecule has 0 aliphatic carbocycles. The monoisotopic (exact) mass is 229 g/mol. The van der Waals surface area contributed by atoms with Crippen LogP contribution in [0.5, 0.6) is 0 Å². The van der Waals surface area contributed by atoms with E-state index in [9.17, 15) is 13.2 Å². The van der Waals surface area contributed by atoms with Gasteiger partial charge in [0.1, 0.15) is 0 Å². The summed E-state index contributed by atoms with van der Waals surface area (Å²) >= 11 is 0. The summed E-state index contributed by atoms with van der Waals surface area (Å²) in [5.74, 6) is -1.19. The molecular weight excluding hydrogens is 218 g/mol. The lowest BCUT2D eigenvalue weighted by Gasteiger charge is -2.02. The minimum Gasteiger partial charge on any atom is -0.478 e. The van der Waals surface area contributed by atoms with Gasteiger partial charge in [0.05, 0.1) is 16.2 Å². The van der Waals surface area contributed by atoms with E-state index in [2.05, 4.69) is 4.98 Å². The number of rotatable bonds is 4. The van der Waals surface area contributed by atoms with E-state index >= 15 is 0 Å². The van der Waals surface area contributed by atoms with Gasteiger partial charge in [-0.25, -0.2) is 13.2 Å². The molecule has 1 aromatic rings. The van der Waals surface area contributed by atoms with E-state index in [1.807, 2.05) is 0 Å². The largest absolute Gasteiger partial charge is 0.478 e. The standard InChI is InChI=1S/C9H11NO4S/c1-2-3-15(13,14)8-4-7(9(11)12)5-10-6-8/h4-6H,2-3H2,1H3,(H,11,12). The van der Waals surface area contributed by atoms with E-state index in [0.717, 1.165) is 18.5 Å². The topological polar surface area (TPSA) is 84.3 Å². The number of nitrogens with zero attached hydrogens (tertiary/aromatic N) is 1. The highest BCUT2D eigenvalue weighted by Crippen LogP contribution is 2.12. The van der Waals surface area contributed by atoms with Crippen LogP contribution in [0.2, 0.25) is 0 Å². The van der Waals surface area contributed by atoms with Gasteiger partial charge in [-0.1, -0.05) is 6.92 Å². The Labute approximate surface area is 87.7 Å². The fourth-order valence-corrected chi connectivity index (χ4v) is 2.39. The number of hydrogen-bond donors (Lipinski definition) is 1. The van der Waals surface area contributed by atoms with Gasteiger partial charge in [0.25, 0.3) is 0 Å². The van der Waals surface area contributed by atoms with Crippen molar-refractivity contribution in [2.45, 2.75) is 18.2 Å². The summed E-state index contributed by atoms with van der Waals surface area (Å²) in [6, 6.07) is 1.13. The number of pyridine rings is 1. The Kier molecular flexibility index (Phi) is 3.41. The van der Waals surface area contributed by atoms with Crippen molar-refractivity contribution in [3.63, 3.8) is 0 Å². The molecule has 0 aliphatic heterocycles. The zero-order valence-electron chi connectivity index (χ0n) is 8.17. The van der Waals surface area contributed by atoms with Gasteiger partial charge in [0.2, 0.25) is 0 Å². The molecule has 0 bridgehead atoms. The molecule has 15 heavy (non-hydrogen) atoms. The number of carboxylic acid groups (broad SMARTS) is 1. The molecule has 0 saturated carbocycles. The molecule has 0 amide bonds. The average Bonchev–Trinajstić information content (AvgIpc) is 2.18. The molecule has 0 aromatic carbocycles. The third kappa shape index (κ3) is 2.76. The quantitative estimate of drug-likeness (QED) is 0.831. The first-order chi connectivity index (χ1) is 6.97. The van der Waals surface area contributed by atoms with Crippen molar-refractivity contribution in [1.29, 1.82) is 0 Å². The van der Waals surface area contributed by atoms with Crippen LogP contribution in [0.25, 0.3) is 0 Å². The van der Waals surface area contributed by atoms with Crippen LogP contribution in [0.15, 0.2) is 23.4 Å². The van der Waals surface area contributed by atoms with E-state index in [4.69, 9.17) is 5.11 Å². The highest BCUT2D eigenvalue weighted by molar-refractivity contribution is 7.91. The number of carboxylic acids is 1. The normalized spacial score (nSPS) is 11.3. The predicted molar refractivity (Wildman–Crippen MR) is 53.5 cm³/mol. The molecule has 0 aliphatic rings. The van der Waals surface area contributed by atoms with Crippen LogP contribution in [0.4, 0.5) is 0 Å². The zero-order chi connectivity index (χ0) is 11.5. The second-order valence-corrected chi connectivity index (χ2v) is 5.14. The van der Waals surface area contributed by atoms with Crippen LogP contribution in [0, 0.1) is 0 Å². The van der Waals surface area contributed by atoms with E-state index in [-0.39, 0.29) is 16.2 Å². The Hall–Kier alpha value is -1.43. The molecule has 1 N–H and O–H groups in total. The van der Waals surface area contributed by atoms with Gasteiger partial charge in [-0.15, -0.1) is 0 Å². The van der Waals surface area contributed by atoms with Gasteiger partial charge in [-0.3, -0.25) is 4.98 Å². The second-order valence-electron chi connectivity index (χ2n) is 3.03.